The normalized spacial score (nSPS) is 14.0. The Balaban J connectivity index is 3.41. The summed E-state index contributed by atoms with van der Waals surface area (Å²) in [7, 11) is -4.38. The van der Waals surface area contributed by atoms with Crippen LogP contribution in [0.15, 0.2) is 0 Å². The van der Waals surface area contributed by atoms with Gasteiger partial charge in [0.15, 0.2) is 0 Å². The number of unbranched alkanes of at least 4 members (excludes halogenated alkanes) is 14. The number of carbonyl (C=O) groups excluding carboxylic acids is 1. The molecule has 202 valence electrons. The summed E-state index contributed by atoms with van der Waals surface area (Å²) >= 11 is 0. The lowest BCUT2D eigenvalue weighted by molar-refractivity contribution is -0.144. The van der Waals surface area contributed by atoms with E-state index in [1.807, 2.05) is 0 Å². The van der Waals surface area contributed by atoms with Crippen LogP contribution in [-0.4, -0.2) is 47.8 Å². The van der Waals surface area contributed by atoms with Crippen molar-refractivity contribution >= 4 is 19.8 Å². The highest BCUT2D eigenvalue weighted by molar-refractivity contribution is 7.47. The van der Waals surface area contributed by atoms with Crippen LogP contribution in [0.1, 0.15) is 116 Å². The van der Waals surface area contributed by atoms with Gasteiger partial charge >= 0.3 is 19.8 Å². The van der Waals surface area contributed by atoms with Crippen molar-refractivity contribution in [3.8, 4) is 0 Å². The molecular weight excluding hydrogens is 461 g/mol. The molecule has 2 unspecified atom stereocenters. The molecule has 10 heteroatoms. The van der Waals surface area contributed by atoms with Crippen LogP contribution in [-0.2, 0) is 27.9 Å². The summed E-state index contributed by atoms with van der Waals surface area (Å²) in [5.41, 5.74) is 5.18. The van der Waals surface area contributed by atoms with E-state index >= 15 is 0 Å². The molecule has 0 saturated carbocycles. The third kappa shape index (κ3) is 22.8. The number of phosphoric ester groups is 1. The molecule has 0 aromatic rings. The molecule has 0 radical (unpaired) electrons. The van der Waals surface area contributed by atoms with Gasteiger partial charge in [0.1, 0.15) is 6.04 Å². The zero-order chi connectivity index (χ0) is 25.5. The van der Waals surface area contributed by atoms with Crippen molar-refractivity contribution in [3.05, 3.63) is 0 Å². The quantitative estimate of drug-likeness (QED) is 0.0798. The Labute approximate surface area is 205 Å². The number of nitrogens with two attached hydrogens (primary N) is 1. The Hall–Kier alpha value is -0.990. The van der Waals surface area contributed by atoms with Gasteiger partial charge < -0.3 is 20.5 Å². The molecule has 0 aromatic carbocycles. The van der Waals surface area contributed by atoms with E-state index in [1.165, 1.54) is 77.0 Å². The molecule has 2 atom stereocenters. The van der Waals surface area contributed by atoms with E-state index in [2.05, 4.69) is 16.0 Å². The fraction of sp³-hybridized carbons (Fsp3) is 0.917. The van der Waals surface area contributed by atoms with E-state index in [0.717, 1.165) is 19.3 Å². The summed E-state index contributed by atoms with van der Waals surface area (Å²) in [6.07, 6.45) is 19.6. The van der Waals surface area contributed by atoms with Gasteiger partial charge in [0.25, 0.3) is 0 Å². The van der Waals surface area contributed by atoms with Gasteiger partial charge in [0.2, 0.25) is 0 Å². The summed E-state index contributed by atoms with van der Waals surface area (Å²) in [5.74, 6) is -1.63. The number of ether oxygens (including phenoxy) is 1. The molecule has 0 aliphatic heterocycles. The summed E-state index contributed by atoms with van der Waals surface area (Å²) < 4.78 is 25.8. The Bertz CT molecular complexity index is 561. The topological polar surface area (TPSA) is 145 Å². The predicted octanol–water partition coefficient (Wildman–Crippen LogP) is 5.73. The summed E-state index contributed by atoms with van der Waals surface area (Å²) in [6.45, 7) is 1.52. The Kier molecular flexibility index (Phi) is 21.8. The Morgan fingerprint density at radius 2 is 1.24 bits per heavy atom. The van der Waals surface area contributed by atoms with Crippen molar-refractivity contribution in [1.82, 2.24) is 0 Å². The highest BCUT2D eigenvalue weighted by Crippen LogP contribution is 2.43. The van der Waals surface area contributed by atoms with Crippen molar-refractivity contribution in [1.29, 1.82) is 0 Å². The van der Waals surface area contributed by atoms with Crippen LogP contribution < -0.4 is 5.73 Å². The van der Waals surface area contributed by atoms with E-state index < -0.39 is 26.4 Å². The van der Waals surface area contributed by atoms with E-state index in [-0.39, 0.29) is 25.6 Å². The van der Waals surface area contributed by atoms with Gasteiger partial charge in [0, 0.05) is 12.8 Å². The molecule has 0 aliphatic rings. The van der Waals surface area contributed by atoms with Crippen LogP contribution in [0.4, 0.5) is 0 Å². The third-order valence-corrected chi connectivity index (χ3v) is 6.51. The van der Waals surface area contributed by atoms with Gasteiger partial charge in [-0.25, -0.2) is 4.57 Å². The first-order chi connectivity index (χ1) is 16.3. The number of carbonyl (C=O) groups is 2. The molecule has 0 fully saturated rings. The van der Waals surface area contributed by atoms with Gasteiger partial charge in [-0.05, 0) is 6.42 Å². The summed E-state index contributed by atoms with van der Waals surface area (Å²) in [5, 5.41) is 8.59. The molecule has 4 N–H and O–H groups in total. The molecule has 0 aromatic heterocycles. The van der Waals surface area contributed by atoms with Crippen molar-refractivity contribution in [2.75, 3.05) is 19.8 Å². The minimum atomic E-state index is -4.38. The van der Waals surface area contributed by atoms with E-state index in [1.54, 1.807) is 0 Å². The lowest BCUT2D eigenvalue weighted by Crippen LogP contribution is -2.34. The van der Waals surface area contributed by atoms with Crippen LogP contribution in [0, 0.1) is 0 Å². The zero-order valence-corrected chi connectivity index (χ0v) is 22.0. The second-order valence-electron chi connectivity index (χ2n) is 8.82. The van der Waals surface area contributed by atoms with Gasteiger partial charge in [-0.15, -0.1) is 0 Å². The van der Waals surface area contributed by atoms with Gasteiger partial charge in [-0.3, -0.25) is 18.6 Å². The minimum absolute atomic E-state index is 0.0756. The van der Waals surface area contributed by atoms with Gasteiger partial charge in [0.05, 0.1) is 19.8 Å². The Morgan fingerprint density at radius 3 is 1.71 bits per heavy atom. The number of carboxylic acids is 1. The molecule has 34 heavy (non-hydrogen) atoms. The maximum absolute atomic E-state index is 11.7. The summed E-state index contributed by atoms with van der Waals surface area (Å²) in [6, 6.07) is -1.41. The minimum Gasteiger partial charge on any atom is -0.480 e. The van der Waals surface area contributed by atoms with Crippen LogP contribution in [0.5, 0.6) is 0 Å². The zero-order valence-electron chi connectivity index (χ0n) is 21.1. The fourth-order valence-corrected chi connectivity index (χ4v) is 4.20. The van der Waals surface area contributed by atoms with Crippen molar-refractivity contribution < 1.29 is 37.9 Å². The number of hydrogen-bond acceptors (Lipinski definition) is 7. The van der Waals surface area contributed by atoms with E-state index in [9.17, 15) is 19.0 Å². The molecular formula is C24H48NO8P. The van der Waals surface area contributed by atoms with Crippen LogP contribution >= 0.6 is 7.82 Å². The van der Waals surface area contributed by atoms with Crippen LogP contribution in [0.25, 0.3) is 0 Å². The van der Waals surface area contributed by atoms with E-state index in [4.69, 9.17) is 15.6 Å². The summed E-state index contributed by atoms with van der Waals surface area (Å²) in [4.78, 5) is 31.7. The molecule has 0 saturated heterocycles. The van der Waals surface area contributed by atoms with Crippen LogP contribution in [0.2, 0.25) is 0 Å². The number of hydrogen-bond donors (Lipinski definition) is 3. The first-order valence-electron chi connectivity index (χ1n) is 13.0. The molecule has 0 heterocycles. The number of phosphoric acid groups is 1. The number of carboxylic acid groups (broad SMARTS) is 1. The van der Waals surface area contributed by atoms with Gasteiger partial charge in [-0.1, -0.05) is 96.8 Å². The molecule has 0 rings (SSSR count). The average molecular weight is 510 g/mol. The number of esters is 1. The highest BCUT2D eigenvalue weighted by atomic mass is 31.2. The second-order valence-corrected chi connectivity index (χ2v) is 10.3. The largest absolute Gasteiger partial charge is 0.480 e. The first-order valence-corrected chi connectivity index (χ1v) is 14.5. The lowest BCUT2D eigenvalue weighted by Gasteiger charge is -2.13. The standard InChI is InChI=1S/C24H48NO8P/c1-2-3-4-5-6-7-8-9-10-11-12-13-14-15-16-18-23(26)31-19-17-20-32-34(29,30)33-21-22(25)24(27)28/h22H,2-21,25H2,1H3,(H,27,28)(H,29,30). The van der Waals surface area contributed by atoms with E-state index in [0.29, 0.717) is 6.42 Å². The smallest absolute Gasteiger partial charge is 0.472 e. The predicted molar refractivity (Wildman–Crippen MR) is 132 cm³/mol. The third-order valence-electron chi connectivity index (χ3n) is 5.53. The van der Waals surface area contributed by atoms with Gasteiger partial charge in [-0.2, -0.15) is 0 Å². The molecule has 9 nitrogen and oxygen atoms in total. The number of rotatable bonds is 25. The molecule has 0 aliphatic carbocycles. The van der Waals surface area contributed by atoms with Crippen LogP contribution in [0.3, 0.4) is 0 Å². The second kappa shape index (κ2) is 22.5. The average Bonchev–Trinajstić information content (AvgIpc) is 2.79. The highest BCUT2D eigenvalue weighted by Gasteiger charge is 2.24. The SMILES string of the molecule is CCCCCCCCCCCCCCCCCC(=O)OCCCOP(=O)(O)OCC(N)C(=O)O. The number of aliphatic carboxylic acids is 1. The van der Waals surface area contributed by atoms with Crippen molar-refractivity contribution in [3.63, 3.8) is 0 Å². The maximum Gasteiger partial charge on any atom is 0.472 e. The van der Waals surface area contributed by atoms with Crippen molar-refractivity contribution in [2.45, 2.75) is 122 Å². The first kappa shape index (κ1) is 33.0. The molecule has 0 bridgehead atoms. The Morgan fingerprint density at radius 1 is 0.765 bits per heavy atom. The fourth-order valence-electron chi connectivity index (χ4n) is 3.42. The maximum atomic E-state index is 11.7. The monoisotopic (exact) mass is 509 g/mol. The molecule has 0 amide bonds. The molecule has 0 spiro atoms. The lowest BCUT2D eigenvalue weighted by atomic mass is 10.0. The van der Waals surface area contributed by atoms with Crippen molar-refractivity contribution in [2.24, 2.45) is 5.73 Å².